The van der Waals surface area contributed by atoms with E-state index in [2.05, 4.69) is 4.74 Å². The number of hydrogen-bond acceptors (Lipinski definition) is 5. The zero-order chi connectivity index (χ0) is 7.72. The number of hydrogen-bond donors (Lipinski definition) is 4. The van der Waals surface area contributed by atoms with Crippen molar-refractivity contribution >= 4 is 0 Å². The Hall–Kier alpha value is -0.200. The van der Waals surface area contributed by atoms with Gasteiger partial charge in [0, 0.05) is 0 Å². The molecule has 0 radical (unpaired) electrons. The van der Waals surface area contributed by atoms with Crippen LogP contribution in [-0.4, -0.2) is 51.6 Å². The molecule has 2 unspecified atom stereocenters. The van der Waals surface area contributed by atoms with Crippen LogP contribution in [0.15, 0.2) is 0 Å². The Kier molecular flexibility index (Phi) is 2.22. The summed E-state index contributed by atoms with van der Waals surface area (Å²) in [7, 11) is 0. The minimum absolute atomic E-state index is 0.153. The summed E-state index contributed by atoms with van der Waals surface area (Å²) in [6.45, 7) is -0.153. The normalized spacial score (nSPS) is 49.2. The van der Waals surface area contributed by atoms with E-state index in [4.69, 9.17) is 20.4 Å². The van der Waals surface area contributed by atoms with Gasteiger partial charge in [-0.3, -0.25) is 0 Å². The van der Waals surface area contributed by atoms with Gasteiger partial charge in [0.05, 0.1) is 6.61 Å². The average molecular weight is 150 g/mol. The molecule has 0 saturated carbocycles. The number of aliphatic hydroxyl groups is 4. The van der Waals surface area contributed by atoms with E-state index >= 15 is 0 Å². The molecule has 0 aromatic heterocycles. The SMILES string of the molecule is OC1OC[C@@H](O)[C@H](O)C1O. The van der Waals surface area contributed by atoms with Crippen LogP contribution in [0.2, 0.25) is 0 Å². The summed E-state index contributed by atoms with van der Waals surface area (Å²) in [4.78, 5) is 0. The van der Waals surface area contributed by atoms with Gasteiger partial charge in [0.2, 0.25) is 0 Å². The molecule has 1 rings (SSSR count). The van der Waals surface area contributed by atoms with Gasteiger partial charge in [0.15, 0.2) is 6.29 Å². The minimum Gasteiger partial charge on any atom is -0.388 e. The summed E-state index contributed by atoms with van der Waals surface area (Å²) >= 11 is 0. The van der Waals surface area contributed by atoms with Crippen LogP contribution in [0.3, 0.4) is 0 Å². The molecule has 0 aromatic rings. The van der Waals surface area contributed by atoms with Crippen LogP contribution in [0, 0.1) is 0 Å². The molecular formula is C5H10O5. The lowest BCUT2D eigenvalue weighted by molar-refractivity contribution is -0.252. The van der Waals surface area contributed by atoms with E-state index in [1.807, 2.05) is 0 Å². The second-order valence-corrected chi connectivity index (χ2v) is 2.27. The fourth-order valence-corrected chi connectivity index (χ4v) is 0.791. The summed E-state index contributed by atoms with van der Waals surface area (Å²) < 4.78 is 4.47. The molecule has 60 valence electrons. The highest BCUT2D eigenvalue weighted by molar-refractivity contribution is 4.81. The Morgan fingerprint density at radius 2 is 1.60 bits per heavy atom. The van der Waals surface area contributed by atoms with Crippen molar-refractivity contribution < 1.29 is 25.2 Å². The summed E-state index contributed by atoms with van der Waals surface area (Å²) in [5.41, 5.74) is 0. The van der Waals surface area contributed by atoms with Crippen molar-refractivity contribution in [3.05, 3.63) is 0 Å². The first-order valence-corrected chi connectivity index (χ1v) is 2.97. The van der Waals surface area contributed by atoms with Crippen molar-refractivity contribution in [2.24, 2.45) is 0 Å². The van der Waals surface area contributed by atoms with Crippen molar-refractivity contribution in [2.75, 3.05) is 6.61 Å². The molecule has 0 aliphatic carbocycles. The lowest BCUT2D eigenvalue weighted by Gasteiger charge is -2.31. The average Bonchev–Trinajstić information content (AvgIpc) is 1.93. The predicted octanol–water partition coefficient (Wildman–Crippen LogP) is -2.58. The third-order valence-electron chi connectivity index (χ3n) is 1.47. The molecule has 0 amide bonds. The van der Waals surface area contributed by atoms with Gasteiger partial charge in [0.25, 0.3) is 0 Å². The molecule has 4 atom stereocenters. The van der Waals surface area contributed by atoms with Crippen molar-refractivity contribution in [1.82, 2.24) is 0 Å². The topological polar surface area (TPSA) is 90.2 Å². The van der Waals surface area contributed by atoms with Crippen molar-refractivity contribution in [3.8, 4) is 0 Å². The zero-order valence-electron chi connectivity index (χ0n) is 5.21. The van der Waals surface area contributed by atoms with Gasteiger partial charge in [-0.25, -0.2) is 0 Å². The monoisotopic (exact) mass is 150 g/mol. The molecule has 5 nitrogen and oxygen atoms in total. The number of aliphatic hydroxyl groups excluding tert-OH is 4. The summed E-state index contributed by atoms with van der Waals surface area (Å²) in [5.74, 6) is 0. The first-order chi connectivity index (χ1) is 4.63. The lowest BCUT2D eigenvalue weighted by atomic mass is 10.1. The second-order valence-electron chi connectivity index (χ2n) is 2.27. The van der Waals surface area contributed by atoms with E-state index in [0.29, 0.717) is 0 Å². The standard InChI is InChI=1S/C5H10O5/c6-2-1-10-5(9)4(8)3(2)7/h2-9H,1H2/t2-,3+,4?,5?/m1/s1. The third-order valence-corrected chi connectivity index (χ3v) is 1.47. The van der Waals surface area contributed by atoms with Crippen LogP contribution in [0.4, 0.5) is 0 Å². The van der Waals surface area contributed by atoms with Crippen LogP contribution >= 0.6 is 0 Å². The fraction of sp³-hybridized carbons (Fsp3) is 1.00. The molecule has 0 bridgehead atoms. The second kappa shape index (κ2) is 2.81. The Labute approximate surface area is 57.5 Å². The zero-order valence-corrected chi connectivity index (χ0v) is 5.21. The van der Waals surface area contributed by atoms with E-state index in [-0.39, 0.29) is 6.61 Å². The molecule has 1 saturated heterocycles. The summed E-state index contributed by atoms with van der Waals surface area (Å²) in [6, 6.07) is 0. The Bertz CT molecular complexity index is 103. The van der Waals surface area contributed by atoms with Crippen LogP contribution in [0.5, 0.6) is 0 Å². The molecule has 5 heteroatoms. The van der Waals surface area contributed by atoms with E-state index in [9.17, 15) is 0 Å². The molecular weight excluding hydrogens is 140 g/mol. The van der Waals surface area contributed by atoms with Crippen LogP contribution in [-0.2, 0) is 4.74 Å². The van der Waals surface area contributed by atoms with Gasteiger partial charge in [-0.1, -0.05) is 0 Å². The minimum atomic E-state index is -1.41. The van der Waals surface area contributed by atoms with Gasteiger partial charge >= 0.3 is 0 Å². The Morgan fingerprint density at radius 3 is 2.10 bits per heavy atom. The van der Waals surface area contributed by atoms with E-state index in [1.54, 1.807) is 0 Å². The van der Waals surface area contributed by atoms with Crippen molar-refractivity contribution in [1.29, 1.82) is 0 Å². The molecule has 0 spiro atoms. The van der Waals surface area contributed by atoms with Crippen LogP contribution in [0.1, 0.15) is 0 Å². The summed E-state index contributed by atoms with van der Waals surface area (Å²) in [6.07, 6.45) is -5.23. The molecule has 1 heterocycles. The van der Waals surface area contributed by atoms with E-state index in [1.165, 1.54) is 0 Å². The quantitative estimate of drug-likeness (QED) is 0.304. The van der Waals surface area contributed by atoms with Gasteiger partial charge in [0.1, 0.15) is 18.3 Å². The van der Waals surface area contributed by atoms with E-state index < -0.39 is 24.6 Å². The molecule has 1 aliphatic rings. The van der Waals surface area contributed by atoms with Crippen LogP contribution in [0.25, 0.3) is 0 Å². The van der Waals surface area contributed by atoms with Gasteiger partial charge in [-0.15, -0.1) is 0 Å². The largest absolute Gasteiger partial charge is 0.388 e. The van der Waals surface area contributed by atoms with Gasteiger partial charge < -0.3 is 25.2 Å². The highest BCUT2D eigenvalue weighted by atomic mass is 16.6. The maximum Gasteiger partial charge on any atom is 0.183 e. The molecule has 10 heavy (non-hydrogen) atoms. The smallest absolute Gasteiger partial charge is 0.183 e. The molecule has 1 fully saturated rings. The molecule has 0 aromatic carbocycles. The third kappa shape index (κ3) is 1.28. The van der Waals surface area contributed by atoms with Crippen LogP contribution < -0.4 is 0 Å². The Balaban J connectivity index is 2.52. The van der Waals surface area contributed by atoms with Crippen molar-refractivity contribution in [2.45, 2.75) is 24.6 Å². The first-order valence-electron chi connectivity index (χ1n) is 2.97. The number of rotatable bonds is 0. The molecule has 1 aliphatic heterocycles. The molecule has 4 N–H and O–H groups in total. The maximum atomic E-state index is 8.88. The maximum absolute atomic E-state index is 8.88. The highest BCUT2D eigenvalue weighted by Crippen LogP contribution is 2.12. The number of ether oxygens (including phenoxy) is 1. The van der Waals surface area contributed by atoms with E-state index in [0.717, 1.165) is 0 Å². The first kappa shape index (κ1) is 7.90. The predicted molar refractivity (Wildman–Crippen MR) is 30.0 cm³/mol. The van der Waals surface area contributed by atoms with Gasteiger partial charge in [-0.05, 0) is 0 Å². The summed E-state index contributed by atoms with van der Waals surface area (Å²) in [5, 5.41) is 35.3. The van der Waals surface area contributed by atoms with Gasteiger partial charge in [-0.2, -0.15) is 0 Å². The Morgan fingerprint density at radius 1 is 1.00 bits per heavy atom. The fourth-order valence-electron chi connectivity index (χ4n) is 0.791. The highest BCUT2D eigenvalue weighted by Gasteiger charge is 2.36. The lowest BCUT2D eigenvalue weighted by Crippen LogP contribution is -2.52. The van der Waals surface area contributed by atoms with Crippen molar-refractivity contribution in [3.63, 3.8) is 0 Å².